The number of anilines is 1. The van der Waals surface area contributed by atoms with Gasteiger partial charge in [0.2, 0.25) is 0 Å². The summed E-state index contributed by atoms with van der Waals surface area (Å²) in [5.41, 5.74) is 2.08. The molecule has 2 rings (SSSR count). The van der Waals surface area contributed by atoms with E-state index in [0.717, 1.165) is 5.69 Å². The first-order valence-corrected chi connectivity index (χ1v) is 5.44. The third-order valence-corrected chi connectivity index (χ3v) is 2.51. The molecule has 3 nitrogen and oxygen atoms in total. The molecular weight excluding hydrogens is 202 g/mol. The minimum atomic E-state index is -0.437. The van der Waals surface area contributed by atoms with E-state index >= 15 is 0 Å². The summed E-state index contributed by atoms with van der Waals surface area (Å²) in [7, 11) is 0. The van der Waals surface area contributed by atoms with Crippen LogP contribution < -0.4 is 5.32 Å². The number of hydrogen-bond acceptors (Lipinski definition) is 2. The van der Waals surface area contributed by atoms with Crippen LogP contribution in [0.3, 0.4) is 0 Å². The fourth-order valence-electron chi connectivity index (χ4n) is 1.58. The summed E-state index contributed by atoms with van der Waals surface area (Å²) in [4.78, 5) is 11.3. The molecule has 1 aromatic carbocycles. The summed E-state index contributed by atoms with van der Waals surface area (Å²) in [6, 6.07) is 7.92. The molecule has 0 bridgehead atoms. The van der Waals surface area contributed by atoms with Crippen molar-refractivity contribution in [3.05, 3.63) is 42.5 Å². The summed E-state index contributed by atoms with van der Waals surface area (Å²) in [5, 5.41) is 2.69. The molecule has 1 aliphatic rings. The van der Waals surface area contributed by atoms with Gasteiger partial charge in [-0.05, 0) is 36.5 Å². The Balaban J connectivity index is 1.95. The van der Waals surface area contributed by atoms with Gasteiger partial charge in [-0.15, -0.1) is 0 Å². The molecule has 3 heteroatoms. The van der Waals surface area contributed by atoms with Crippen molar-refractivity contribution in [1.29, 1.82) is 0 Å². The first kappa shape index (κ1) is 10.7. The number of rotatable bonds is 4. The Kier molecular flexibility index (Phi) is 3.25. The molecular formula is C13H15NO2. The number of carbonyl (C=O) groups excluding carboxylic acids is 1. The standard InChI is InChI=1S/C13H15NO2/c1-2-8-16-13(15)14-12-5-3-4-11(9-12)10-6-7-10/h2-5,9-10H,1,6-8H2,(H,14,15). The highest BCUT2D eigenvalue weighted by molar-refractivity contribution is 5.84. The fourth-order valence-corrected chi connectivity index (χ4v) is 1.58. The van der Waals surface area contributed by atoms with Crippen LogP contribution in [0.1, 0.15) is 24.3 Å². The molecule has 1 aromatic rings. The van der Waals surface area contributed by atoms with Gasteiger partial charge < -0.3 is 4.74 Å². The van der Waals surface area contributed by atoms with Crippen molar-refractivity contribution in [1.82, 2.24) is 0 Å². The van der Waals surface area contributed by atoms with Crippen LogP contribution in [0, 0.1) is 0 Å². The topological polar surface area (TPSA) is 38.3 Å². The van der Waals surface area contributed by atoms with E-state index in [4.69, 9.17) is 4.74 Å². The van der Waals surface area contributed by atoms with Gasteiger partial charge in [0.25, 0.3) is 0 Å². The van der Waals surface area contributed by atoms with Gasteiger partial charge in [0.1, 0.15) is 6.61 Å². The number of nitrogens with one attached hydrogen (secondary N) is 1. The van der Waals surface area contributed by atoms with E-state index in [1.807, 2.05) is 18.2 Å². The van der Waals surface area contributed by atoms with E-state index in [1.165, 1.54) is 18.4 Å². The van der Waals surface area contributed by atoms with Crippen LogP contribution in [0.15, 0.2) is 36.9 Å². The summed E-state index contributed by atoms with van der Waals surface area (Å²) in [6.45, 7) is 3.71. The molecule has 1 amide bonds. The van der Waals surface area contributed by atoms with Crippen LogP contribution in [-0.4, -0.2) is 12.7 Å². The van der Waals surface area contributed by atoms with Crippen molar-refractivity contribution in [3.8, 4) is 0 Å². The predicted octanol–water partition coefficient (Wildman–Crippen LogP) is 3.30. The lowest BCUT2D eigenvalue weighted by molar-refractivity contribution is 0.174. The lowest BCUT2D eigenvalue weighted by atomic mass is 10.1. The second-order valence-electron chi connectivity index (χ2n) is 3.91. The van der Waals surface area contributed by atoms with Gasteiger partial charge in [0.15, 0.2) is 0 Å². The average molecular weight is 217 g/mol. The molecule has 0 atom stereocenters. The Labute approximate surface area is 95.1 Å². The zero-order valence-electron chi connectivity index (χ0n) is 9.11. The second kappa shape index (κ2) is 4.84. The molecule has 0 aromatic heterocycles. The first-order valence-electron chi connectivity index (χ1n) is 5.44. The van der Waals surface area contributed by atoms with Crippen molar-refractivity contribution in [3.63, 3.8) is 0 Å². The van der Waals surface area contributed by atoms with Gasteiger partial charge in [0, 0.05) is 5.69 Å². The van der Waals surface area contributed by atoms with Crippen molar-refractivity contribution in [2.45, 2.75) is 18.8 Å². The minimum Gasteiger partial charge on any atom is -0.445 e. The number of benzene rings is 1. The highest BCUT2D eigenvalue weighted by Gasteiger charge is 2.23. The molecule has 0 unspecified atom stereocenters. The van der Waals surface area contributed by atoms with E-state index in [9.17, 15) is 4.79 Å². The van der Waals surface area contributed by atoms with E-state index in [0.29, 0.717) is 5.92 Å². The molecule has 0 heterocycles. The van der Waals surface area contributed by atoms with E-state index < -0.39 is 6.09 Å². The minimum absolute atomic E-state index is 0.230. The molecule has 16 heavy (non-hydrogen) atoms. The van der Waals surface area contributed by atoms with Crippen molar-refractivity contribution < 1.29 is 9.53 Å². The summed E-state index contributed by atoms with van der Waals surface area (Å²) in [5.74, 6) is 0.686. The monoisotopic (exact) mass is 217 g/mol. The summed E-state index contributed by atoms with van der Waals surface area (Å²) < 4.78 is 4.84. The Morgan fingerprint density at radius 3 is 3.06 bits per heavy atom. The third kappa shape index (κ3) is 2.86. The van der Waals surface area contributed by atoms with Gasteiger partial charge in [-0.1, -0.05) is 24.8 Å². The molecule has 1 saturated carbocycles. The maximum absolute atomic E-state index is 11.3. The highest BCUT2D eigenvalue weighted by Crippen LogP contribution is 2.40. The molecule has 84 valence electrons. The largest absolute Gasteiger partial charge is 0.445 e. The second-order valence-corrected chi connectivity index (χ2v) is 3.91. The number of carbonyl (C=O) groups is 1. The van der Waals surface area contributed by atoms with Crippen LogP contribution in [0.5, 0.6) is 0 Å². The third-order valence-electron chi connectivity index (χ3n) is 2.51. The van der Waals surface area contributed by atoms with Crippen molar-refractivity contribution in [2.24, 2.45) is 0 Å². The molecule has 1 N–H and O–H groups in total. The normalized spacial score (nSPS) is 14.2. The number of ether oxygens (including phenoxy) is 1. The van der Waals surface area contributed by atoms with Gasteiger partial charge in [-0.25, -0.2) is 4.79 Å². The number of hydrogen-bond donors (Lipinski definition) is 1. The van der Waals surface area contributed by atoms with E-state index in [2.05, 4.69) is 18.0 Å². The Bertz CT molecular complexity index is 397. The molecule has 0 radical (unpaired) electrons. The smallest absolute Gasteiger partial charge is 0.411 e. The zero-order valence-corrected chi connectivity index (χ0v) is 9.11. The lowest BCUT2D eigenvalue weighted by Gasteiger charge is -2.06. The van der Waals surface area contributed by atoms with Gasteiger partial charge in [-0.3, -0.25) is 5.32 Å². The molecule has 1 fully saturated rings. The lowest BCUT2D eigenvalue weighted by Crippen LogP contribution is -2.13. The van der Waals surface area contributed by atoms with E-state index in [1.54, 1.807) is 6.08 Å². The first-order chi connectivity index (χ1) is 7.79. The zero-order chi connectivity index (χ0) is 11.4. The predicted molar refractivity (Wildman–Crippen MR) is 63.6 cm³/mol. The highest BCUT2D eigenvalue weighted by atomic mass is 16.5. The molecule has 0 aliphatic heterocycles. The van der Waals surface area contributed by atoms with Gasteiger partial charge >= 0.3 is 6.09 Å². The van der Waals surface area contributed by atoms with Crippen molar-refractivity contribution in [2.75, 3.05) is 11.9 Å². The molecule has 0 saturated heterocycles. The van der Waals surface area contributed by atoms with Gasteiger partial charge in [-0.2, -0.15) is 0 Å². The summed E-state index contributed by atoms with van der Waals surface area (Å²) in [6.07, 6.45) is 3.61. The van der Waals surface area contributed by atoms with Crippen LogP contribution in [0.25, 0.3) is 0 Å². The van der Waals surface area contributed by atoms with Crippen molar-refractivity contribution >= 4 is 11.8 Å². The van der Waals surface area contributed by atoms with E-state index in [-0.39, 0.29) is 6.61 Å². The van der Waals surface area contributed by atoms with Crippen LogP contribution in [-0.2, 0) is 4.74 Å². The Hall–Kier alpha value is -1.77. The average Bonchev–Trinajstić information content (AvgIpc) is 3.10. The Morgan fingerprint density at radius 1 is 1.56 bits per heavy atom. The van der Waals surface area contributed by atoms with Crippen LogP contribution >= 0.6 is 0 Å². The fraction of sp³-hybridized carbons (Fsp3) is 0.308. The maximum atomic E-state index is 11.3. The van der Waals surface area contributed by atoms with Crippen LogP contribution in [0.2, 0.25) is 0 Å². The van der Waals surface area contributed by atoms with Gasteiger partial charge in [0.05, 0.1) is 0 Å². The number of amides is 1. The maximum Gasteiger partial charge on any atom is 0.411 e. The van der Waals surface area contributed by atoms with Crippen LogP contribution in [0.4, 0.5) is 10.5 Å². The quantitative estimate of drug-likeness (QED) is 0.786. The SMILES string of the molecule is C=CCOC(=O)Nc1cccc(C2CC2)c1. The molecule has 1 aliphatic carbocycles. The summed E-state index contributed by atoms with van der Waals surface area (Å²) >= 11 is 0. The molecule has 0 spiro atoms. The Morgan fingerprint density at radius 2 is 2.38 bits per heavy atom.